The normalized spacial score (nSPS) is 24.8. The van der Waals surface area contributed by atoms with E-state index >= 15 is 0 Å². The molecule has 2 fully saturated rings. The van der Waals surface area contributed by atoms with Crippen LogP contribution in [-0.4, -0.2) is 55.3 Å². The van der Waals surface area contributed by atoms with Gasteiger partial charge in [-0.05, 0) is 38.3 Å². The van der Waals surface area contributed by atoms with E-state index in [0.717, 1.165) is 18.5 Å². The molecule has 26 heavy (non-hydrogen) atoms. The van der Waals surface area contributed by atoms with Gasteiger partial charge in [0.05, 0.1) is 9.92 Å². The predicted molar refractivity (Wildman–Crippen MR) is 98.0 cm³/mol. The summed E-state index contributed by atoms with van der Waals surface area (Å²) >= 11 is 6.26. The number of halogens is 1. The number of sulfonamides is 1. The number of carbonyl (C=O) groups is 1. The average molecular weight is 399 g/mol. The van der Waals surface area contributed by atoms with E-state index in [1.54, 1.807) is 6.07 Å². The molecule has 3 heterocycles. The van der Waals surface area contributed by atoms with Crippen molar-refractivity contribution in [3.63, 3.8) is 0 Å². The Morgan fingerprint density at radius 2 is 1.92 bits per heavy atom. The highest BCUT2D eigenvalue weighted by Gasteiger charge is 2.35. The molecular weight excluding hydrogens is 376 g/mol. The number of rotatable bonds is 3. The summed E-state index contributed by atoms with van der Waals surface area (Å²) in [6, 6.07) is 3.34. The van der Waals surface area contributed by atoms with Gasteiger partial charge in [0, 0.05) is 44.1 Å². The quantitative estimate of drug-likeness (QED) is 0.784. The Morgan fingerprint density at radius 3 is 2.58 bits per heavy atom. The standard InChI is InChI=1S/C18H23ClN2O4S/c1-12-9-13-10-15(11-16(19)18(13)25-12)26(23,24)20-7-4-14(5-8-20)21-6-2-3-17(21)22/h10-12,14H,2-9H2,1H3. The highest BCUT2D eigenvalue weighted by atomic mass is 35.5. The smallest absolute Gasteiger partial charge is 0.243 e. The zero-order valence-electron chi connectivity index (χ0n) is 14.8. The minimum Gasteiger partial charge on any atom is -0.489 e. The van der Waals surface area contributed by atoms with Crippen LogP contribution in [0.3, 0.4) is 0 Å². The van der Waals surface area contributed by atoms with Gasteiger partial charge in [0.2, 0.25) is 15.9 Å². The first-order valence-electron chi connectivity index (χ1n) is 9.15. The van der Waals surface area contributed by atoms with E-state index in [2.05, 4.69) is 0 Å². The van der Waals surface area contributed by atoms with Crippen molar-refractivity contribution in [1.82, 2.24) is 9.21 Å². The first-order valence-corrected chi connectivity index (χ1v) is 11.0. The number of carbonyl (C=O) groups excluding carboxylic acids is 1. The summed E-state index contributed by atoms with van der Waals surface area (Å²) in [7, 11) is -3.59. The largest absolute Gasteiger partial charge is 0.489 e. The van der Waals surface area contributed by atoms with Crippen molar-refractivity contribution >= 4 is 27.5 Å². The maximum Gasteiger partial charge on any atom is 0.243 e. The molecule has 6 nitrogen and oxygen atoms in total. The lowest BCUT2D eigenvalue weighted by Crippen LogP contribution is -2.47. The molecule has 2 saturated heterocycles. The molecule has 0 radical (unpaired) electrons. The first kappa shape index (κ1) is 18.1. The highest BCUT2D eigenvalue weighted by Crippen LogP contribution is 2.39. The van der Waals surface area contributed by atoms with Gasteiger partial charge in [-0.3, -0.25) is 4.79 Å². The molecule has 0 N–H and O–H groups in total. The number of benzene rings is 1. The summed E-state index contributed by atoms with van der Waals surface area (Å²) in [4.78, 5) is 14.1. The molecule has 1 aromatic rings. The van der Waals surface area contributed by atoms with Crippen molar-refractivity contribution in [2.75, 3.05) is 19.6 Å². The van der Waals surface area contributed by atoms with E-state index in [4.69, 9.17) is 16.3 Å². The van der Waals surface area contributed by atoms with Crippen molar-refractivity contribution < 1.29 is 17.9 Å². The van der Waals surface area contributed by atoms with Crippen LogP contribution in [0, 0.1) is 0 Å². The molecule has 3 aliphatic rings. The first-order chi connectivity index (χ1) is 12.4. The van der Waals surface area contributed by atoms with Crippen LogP contribution in [0.5, 0.6) is 5.75 Å². The molecule has 0 aromatic heterocycles. The number of hydrogen-bond acceptors (Lipinski definition) is 4. The Bertz CT molecular complexity index is 834. The Morgan fingerprint density at radius 1 is 1.19 bits per heavy atom. The van der Waals surface area contributed by atoms with Gasteiger partial charge in [0.25, 0.3) is 0 Å². The molecule has 3 aliphatic heterocycles. The van der Waals surface area contributed by atoms with Crippen LogP contribution in [0.25, 0.3) is 0 Å². The van der Waals surface area contributed by atoms with Crippen LogP contribution in [0.4, 0.5) is 0 Å². The van der Waals surface area contributed by atoms with Crippen LogP contribution in [0.2, 0.25) is 5.02 Å². The second-order valence-electron chi connectivity index (χ2n) is 7.35. The monoisotopic (exact) mass is 398 g/mol. The van der Waals surface area contributed by atoms with Crippen LogP contribution in [0.15, 0.2) is 17.0 Å². The number of amides is 1. The third-order valence-corrected chi connectivity index (χ3v) is 7.69. The topological polar surface area (TPSA) is 66.9 Å². The zero-order chi connectivity index (χ0) is 18.5. The van der Waals surface area contributed by atoms with Crippen LogP contribution < -0.4 is 4.74 Å². The van der Waals surface area contributed by atoms with E-state index in [0.29, 0.717) is 49.5 Å². The Kier molecular flexibility index (Phi) is 4.65. The second-order valence-corrected chi connectivity index (χ2v) is 9.70. The number of ether oxygens (including phenoxy) is 1. The van der Waals surface area contributed by atoms with Gasteiger partial charge < -0.3 is 9.64 Å². The molecule has 4 rings (SSSR count). The van der Waals surface area contributed by atoms with Gasteiger partial charge >= 0.3 is 0 Å². The Labute approximate surface area is 159 Å². The van der Waals surface area contributed by atoms with Crippen molar-refractivity contribution in [3.05, 3.63) is 22.7 Å². The zero-order valence-corrected chi connectivity index (χ0v) is 16.4. The molecule has 1 unspecified atom stereocenters. The third-order valence-electron chi connectivity index (χ3n) is 5.53. The minimum atomic E-state index is -3.59. The molecule has 0 aliphatic carbocycles. The maximum atomic E-state index is 13.1. The third kappa shape index (κ3) is 3.10. The Balaban J connectivity index is 1.51. The van der Waals surface area contributed by atoms with Crippen LogP contribution in [-0.2, 0) is 21.2 Å². The van der Waals surface area contributed by atoms with E-state index in [1.165, 1.54) is 10.4 Å². The molecular formula is C18H23ClN2O4S. The molecule has 0 spiro atoms. The summed E-state index contributed by atoms with van der Waals surface area (Å²) in [5, 5.41) is 0.350. The van der Waals surface area contributed by atoms with Crippen LogP contribution in [0.1, 0.15) is 38.2 Å². The summed E-state index contributed by atoms with van der Waals surface area (Å²) in [6.45, 7) is 3.60. The van der Waals surface area contributed by atoms with Crippen molar-refractivity contribution in [3.8, 4) is 5.75 Å². The van der Waals surface area contributed by atoms with E-state index in [-0.39, 0.29) is 22.9 Å². The van der Waals surface area contributed by atoms with E-state index in [1.807, 2.05) is 11.8 Å². The fourth-order valence-electron chi connectivity index (χ4n) is 4.21. The number of fused-ring (bicyclic) bond motifs is 1. The number of nitrogens with zero attached hydrogens (tertiary/aromatic N) is 2. The fourth-order valence-corrected chi connectivity index (χ4v) is 6.10. The minimum absolute atomic E-state index is 0.00852. The fraction of sp³-hybridized carbons (Fsp3) is 0.611. The predicted octanol–water partition coefficient (Wildman–Crippen LogP) is 2.44. The molecule has 8 heteroatoms. The van der Waals surface area contributed by atoms with Gasteiger partial charge in [-0.2, -0.15) is 4.31 Å². The van der Waals surface area contributed by atoms with Gasteiger partial charge in [0.1, 0.15) is 11.9 Å². The lowest BCUT2D eigenvalue weighted by molar-refractivity contribution is -0.130. The summed E-state index contributed by atoms with van der Waals surface area (Å²) in [5.74, 6) is 0.801. The Hall–Kier alpha value is -1.31. The van der Waals surface area contributed by atoms with Crippen molar-refractivity contribution in [1.29, 1.82) is 0 Å². The lowest BCUT2D eigenvalue weighted by Gasteiger charge is -2.36. The molecule has 0 saturated carbocycles. The number of likely N-dealkylation sites (tertiary alicyclic amines) is 1. The maximum absolute atomic E-state index is 13.1. The second kappa shape index (κ2) is 6.69. The number of hydrogen-bond donors (Lipinski definition) is 0. The van der Waals surface area contributed by atoms with Gasteiger partial charge in [-0.1, -0.05) is 11.6 Å². The molecule has 142 valence electrons. The summed E-state index contributed by atoms with van der Waals surface area (Å²) in [5.41, 5.74) is 0.848. The van der Waals surface area contributed by atoms with Gasteiger partial charge in [0.15, 0.2) is 0 Å². The van der Waals surface area contributed by atoms with Gasteiger partial charge in [-0.15, -0.1) is 0 Å². The van der Waals surface area contributed by atoms with Crippen molar-refractivity contribution in [2.24, 2.45) is 0 Å². The lowest BCUT2D eigenvalue weighted by atomic mass is 10.1. The molecule has 1 atom stereocenters. The molecule has 1 amide bonds. The molecule has 0 bridgehead atoms. The van der Waals surface area contributed by atoms with E-state index < -0.39 is 10.0 Å². The van der Waals surface area contributed by atoms with Gasteiger partial charge in [-0.25, -0.2) is 8.42 Å². The average Bonchev–Trinajstić information content (AvgIpc) is 3.20. The van der Waals surface area contributed by atoms with Crippen LogP contribution >= 0.6 is 11.6 Å². The van der Waals surface area contributed by atoms with E-state index in [9.17, 15) is 13.2 Å². The summed E-state index contributed by atoms with van der Waals surface area (Å²) in [6.07, 6.45) is 3.57. The molecule has 1 aromatic carbocycles. The SMILES string of the molecule is CC1Cc2cc(S(=O)(=O)N3CCC(N4CCCC4=O)CC3)cc(Cl)c2O1. The van der Waals surface area contributed by atoms with Crippen molar-refractivity contribution in [2.45, 2.75) is 56.1 Å². The highest BCUT2D eigenvalue weighted by molar-refractivity contribution is 7.89. The summed E-state index contributed by atoms with van der Waals surface area (Å²) < 4.78 is 33.3. The number of piperidine rings is 1.